The highest BCUT2D eigenvalue weighted by Gasteiger charge is 2.33. The third-order valence-corrected chi connectivity index (χ3v) is 6.14. The molecule has 4 nitrogen and oxygen atoms in total. The number of hydrogen-bond donors (Lipinski definition) is 3. The molecule has 0 saturated carbocycles. The van der Waals surface area contributed by atoms with Crippen LogP contribution in [0.15, 0.2) is 40.1 Å². The van der Waals surface area contributed by atoms with Crippen LogP contribution >= 0.6 is 24.2 Å². The second-order valence-electron chi connectivity index (χ2n) is 7.07. The summed E-state index contributed by atoms with van der Waals surface area (Å²) in [6, 6.07) is 8.57. The number of benzene rings is 2. The largest absolute Gasteiger partial charge is 0.416 e. The van der Waals surface area contributed by atoms with Gasteiger partial charge in [0.2, 0.25) is 0 Å². The van der Waals surface area contributed by atoms with Gasteiger partial charge in [-0.05, 0) is 56.1 Å². The first-order chi connectivity index (χ1) is 13.5. The van der Waals surface area contributed by atoms with E-state index in [0.717, 1.165) is 29.4 Å². The monoisotopic (exact) mass is 444 g/mol. The first-order valence-electron chi connectivity index (χ1n) is 9.49. The van der Waals surface area contributed by atoms with Crippen LogP contribution < -0.4 is 21.3 Å². The first-order valence-corrected chi connectivity index (χ1v) is 10.3. The quantitative estimate of drug-likeness (QED) is 0.441. The van der Waals surface area contributed by atoms with Crippen molar-refractivity contribution in [3.05, 3.63) is 35.9 Å². The molecule has 9 heteroatoms. The van der Waals surface area contributed by atoms with Gasteiger partial charge in [-0.3, -0.25) is 0 Å². The number of hydrogen-bond acceptors (Lipinski definition) is 5. The molecule has 158 valence electrons. The van der Waals surface area contributed by atoms with Crippen LogP contribution in [0.4, 0.5) is 35.9 Å². The molecule has 4 rings (SSSR count). The van der Waals surface area contributed by atoms with E-state index in [2.05, 4.69) is 27.7 Å². The zero-order valence-electron chi connectivity index (χ0n) is 15.8. The van der Waals surface area contributed by atoms with Crippen LogP contribution in [0.25, 0.3) is 0 Å². The Morgan fingerprint density at radius 2 is 1.86 bits per heavy atom. The van der Waals surface area contributed by atoms with Crippen LogP contribution in [0.3, 0.4) is 0 Å². The zero-order valence-corrected chi connectivity index (χ0v) is 17.4. The maximum Gasteiger partial charge on any atom is 0.416 e. The molecule has 1 saturated heterocycles. The number of nitrogens with zero attached hydrogens (tertiary/aromatic N) is 1. The molecule has 0 unspecified atom stereocenters. The van der Waals surface area contributed by atoms with Crippen molar-refractivity contribution >= 4 is 46.9 Å². The predicted molar refractivity (Wildman–Crippen MR) is 116 cm³/mol. The van der Waals surface area contributed by atoms with Gasteiger partial charge in [0.1, 0.15) is 0 Å². The van der Waals surface area contributed by atoms with E-state index in [1.54, 1.807) is 0 Å². The molecule has 0 radical (unpaired) electrons. The molecule has 4 N–H and O–H groups in total. The van der Waals surface area contributed by atoms with Gasteiger partial charge < -0.3 is 21.3 Å². The van der Waals surface area contributed by atoms with Crippen molar-refractivity contribution in [1.29, 1.82) is 0 Å². The van der Waals surface area contributed by atoms with Gasteiger partial charge in [-0.15, -0.1) is 12.4 Å². The highest BCUT2D eigenvalue weighted by atomic mass is 35.5. The van der Waals surface area contributed by atoms with E-state index >= 15 is 0 Å². The van der Waals surface area contributed by atoms with Gasteiger partial charge in [0.15, 0.2) is 0 Å². The van der Waals surface area contributed by atoms with E-state index in [0.29, 0.717) is 35.8 Å². The van der Waals surface area contributed by atoms with Crippen LogP contribution in [-0.2, 0) is 6.18 Å². The second kappa shape index (κ2) is 8.93. The molecule has 2 aliphatic heterocycles. The van der Waals surface area contributed by atoms with E-state index in [-0.39, 0.29) is 12.4 Å². The highest BCUT2D eigenvalue weighted by Crippen LogP contribution is 2.50. The predicted octanol–water partition coefficient (Wildman–Crippen LogP) is 5.70. The molecule has 2 aromatic carbocycles. The van der Waals surface area contributed by atoms with Crippen molar-refractivity contribution in [3.8, 4) is 0 Å². The van der Waals surface area contributed by atoms with Crippen LogP contribution in [0.5, 0.6) is 0 Å². The molecule has 0 bridgehead atoms. The number of halogens is 4. The molecule has 1 fully saturated rings. The minimum absolute atomic E-state index is 0. The fourth-order valence-corrected chi connectivity index (χ4v) is 4.67. The Hall–Kier alpha value is -1.77. The summed E-state index contributed by atoms with van der Waals surface area (Å²) in [5.41, 5.74) is 8.07. The van der Waals surface area contributed by atoms with E-state index in [1.807, 2.05) is 6.07 Å². The van der Waals surface area contributed by atoms with Gasteiger partial charge in [0, 0.05) is 35.1 Å². The van der Waals surface area contributed by atoms with Gasteiger partial charge in [-0.1, -0.05) is 11.8 Å². The number of anilines is 4. The molecule has 0 spiro atoms. The Morgan fingerprint density at radius 3 is 2.55 bits per heavy atom. The van der Waals surface area contributed by atoms with E-state index in [1.165, 1.54) is 36.7 Å². The molecule has 0 aromatic heterocycles. The van der Waals surface area contributed by atoms with Crippen molar-refractivity contribution in [2.75, 3.05) is 41.7 Å². The fourth-order valence-electron chi connectivity index (χ4n) is 3.58. The molecular weight excluding hydrogens is 421 g/mol. The average molecular weight is 445 g/mol. The average Bonchev–Trinajstić information content (AvgIpc) is 3.20. The smallest absolute Gasteiger partial charge is 0.383 e. The van der Waals surface area contributed by atoms with Gasteiger partial charge in [-0.25, -0.2) is 0 Å². The summed E-state index contributed by atoms with van der Waals surface area (Å²) < 4.78 is 40.2. The summed E-state index contributed by atoms with van der Waals surface area (Å²) in [7, 11) is 0. The first kappa shape index (κ1) is 21.9. The summed E-state index contributed by atoms with van der Waals surface area (Å²) in [6.07, 6.45) is -1.35. The topological polar surface area (TPSA) is 53.3 Å². The maximum absolute atomic E-state index is 13.4. The van der Waals surface area contributed by atoms with Gasteiger partial charge in [-0.2, -0.15) is 13.2 Å². The summed E-state index contributed by atoms with van der Waals surface area (Å²) in [5, 5.41) is 6.44. The van der Waals surface area contributed by atoms with E-state index < -0.39 is 11.7 Å². The lowest BCUT2D eigenvalue weighted by molar-refractivity contribution is -0.137. The molecule has 2 heterocycles. The number of alkyl halides is 3. The number of rotatable bonds is 5. The zero-order chi connectivity index (χ0) is 19.7. The van der Waals surface area contributed by atoms with E-state index in [9.17, 15) is 13.2 Å². The molecule has 2 aliphatic rings. The van der Waals surface area contributed by atoms with Crippen LogP contribution in [0, 0.1) is 0 Å². The normalized spacial score (nSPS) is 15.2. The minimum atomic E-state index is -4.39. The van der Waals surface area contributed by atoms with Crippen molar-refractivity contribution in [1.82, 2.24) is 0 Å². The lowest BCUT2D eigenvalue weighted by atomic mass is 10.1. The van der Waals surface area contributed by atoms with Gasteiger partial charge >= 0.3 is 6.18 Å². The minimum Gasteiger partial charge on any atom is -0.383 e. The van der Waals surface area contributed by atoms with Crippen LogP contribution in [0.2, 0.25) is 0 Å². The molecule has 29 heavy (non-hydrogen) atoms. The third-order valence-electron chi connectivity index (χ3n) is 5.04. The lowest BCUT2D eigenvalue weighted by Gasteiger charge is -2.27. The van der Waals surface area contributed by atoms with Crippen LogP contribution in [0.1, 0.15) is 24.8 Å². The Kier molecular flexibility index (Phi) is 6.76. The second-order valence-corrected chi connectivity index (χ2v) is 8.15. The maximum atomic E-state index is 13.4. The highest BCUT2D eigenvalue weighted by molar-refractivity contribution is 7.99. The van der Waals surface area contributed by atoms with Crippen molar-refractivity contribution in [2.45, 2.75) is 35.2 Å². The molecule has 0 atom stereocenters. The summed E-state index contributed by atoms with van der Waals surface area (Å²) in [6.45, 7) is 3.07. The molecular formula is C20H24ClF3N4S. The number of fused-ring (bicyclic) bond motifs is 2. The van der Waals surface area contributed by atoms with Gasteiger partial charge in [0.25, 0.3) is 0 Å². The van der Waals surface area contributed by atoms with Crippen molar-refractivity contribution in [3.63, 3.8) is 0 Å². The standard InChI is InChI=1S/C20H23F3N4S.ClH/c21-20(22,23)13-10-16(25-7-3-6-24)19-18(11-13)28-17-12-14(4-5-15(17)26-19)27-8-1-2-9-27;/h4-5,10-12,25-26H,1-3,6-9,24H2;1H. The number of nitrogens with two attached hydrogens (primary N) is 1. The summed E-state index contributed by atoms with van der Waals surface area (Å²) in [4.78, 5) is 3.85. The molecule has 0 amide bonds. The Morgan fingerprint density at radius 1 is 1.10 bits per heavy atom. The summed E-state index contributed by atoms with van der Waals surface area (Å²) >= 11 is 1.39. The molecule has 2 aromatic rings. The van der Waals surface area contributed by atoms with Gasteiger partial charge in [0.05, 0.1) is 22.6 Å². The lowest BCUT2D eigenvalue weighted by Crippen LogP contribution is -2.18. The van der Waals surface area contributed by atoms with Crippen molar-refractivity contribution < 1.29 is 13.2 Å². The van der Waals surface area contributed by atoms with Crippen LogP contribution in [-0.4, -0.2) is 26.2 Å². The third kappa shape index (κ3) is 4.70. The Balaban J connectivity index is 0.00000240. The Bertz CT molecular complexity index is 870. The van der Waals surface area contributed by atoms with Crippen molar-refractivity contribution in [2.24, 2.45) is 5.73 Å². The Labute approximate surface area is 178 Å². The summed E-state index contributed by atoms with van der Waals surface area (Å²) in [5.74, 6) is 0. The fraction of sp³-hybridized carbons (Fsp3) is 0.400. The SMILES string of the molecule is Cl.NCCCNc1cc(C(F)(F)F)cc2c1Nc1ccc(N3CCCC3)cc1S2. The van der Waals surface area contributed by atoms with E-state index in [4.69, 9.17) is 5.73 Å². The number of nitrogens with one attached hydrogen (secondary N) is 2. The molecule has 0 aliphatic carbocycles.